The van der Waals surface area contributed by atoms with Crippen LogP contribution in [-0.2, 0) is 9.53 Å². The molecule has 1 heterocycles. The lowest BCUT2D eigenvalue weighted by atomic mass is 9.89. The summed E-state index contributed by atoms with van der Waals surface area (Å²) in [6.45, 7) is 3.91. The number of carbonyl (C=O) groups is 2. The van der Waals surface area contributed by atoms with Crippen LogP contribution in [-0.4, -0.2) is 42.6 Å². The molecule has 6 nitrogen and oxygen atoms in total. The minimum Gasteiger partial charge on any atom is -0.372 e. The standard InChI is InChI=1S/C17H24FN3O3/c1-10-8-12(18)4-5-14(10)15-9-13(6-7-21(15)17(19)23)20-16(22)11(2)24-3/h4-5,8,11,13,15H,6-7,9H2,1-3H3,(H2,19,23)(H,20,22). The van der Waals surface area contributed by atoms with Gasteiger partial charge in [-0.1, -0.05) is 6.07 Å². The maximum Gasteiger partial charge on any atom is 0.315 e. The van der Waals surface area contributed by atoms with Gasteiger partial charge in [0, 0.05) is 19.7 Å². The van der Waals surface area contributed by atoms with Crippen LogP contribution in [0.2, 0.25) is 0 Å². The number of urea groups is 1. The topological polar surface area (TPSA) is 84.7 Å². The molecule has 0 radical (unpaired) electrons. The van der Waals surface area contributed by atoms with Crippen LogP contribution >= 0.6 is 0 Å². The third-order valence-electron chi connectivity index (χ3n) is 4.55. The van der Waals surface area contributed by atoms with E-state index in [1.807, 2.05) is 0 Å². The van der Waals surface area contributed by atoms with Crippen molar-refractivity contribution in [2.75, 3.05) is 13.7 Å². The molecule has 3 amide bonds. The van der Waals surface area contributed by atoms with Crippen LogP contribution in [0.5, 0.6) is 0 Å². The van der Waals surface area contributed by atoms with Crippen LogP contribution in [0.15, 0.2) is 18.2 Å². The van der Waals surface area contributed by atoms with Crippen LogP contribution in [0.25, 0.3) is 0 Å². The van der Waals surface area contributed by atoms with Gasteiger partial charge in [0.2, 0.25) is 5.91 Å². The van der Waals surface area contributed by atoms with Crippen molar-refractivity contribution in [1.82, 2.24) is 10.2 Å². The van der Waals surface area contributed by atoms with Crippen molar-refractivity contribution in [2.45, 2.75) is 44.9 Å². The number of carbonyl (C=O) groups excluding carboxylic acids is 2. The first-order valence-corrected chi connectivity index (χ1v) is 7.98. The van der Waals surface area contributed by atoms with E-state index >= 15 is 0 Å². The largest absolute Gasteiger partial charge is 0.372 e. The van der Waals surface area contributed by atoms with Gasteiger partial charge in [0.15, 0.2) is 0 Å². The number of hydrogen-bond donors (Lipinski definition) is 2. The Morgan fingerprint density at radius 1 is 1.46 bits per heavy atom. The zero-order valence-electron chi connectivity index (χ0n) is 14.2. The van der Waals surface area contributed by atoms with Gasteiger partial charge in [-0.15, -0.1) is 0 Å². The number of halogens is 1. The highest BCUT2D eigenvalue weighted by Gasteiger charge is 2.33. The van der Waals surface area contributed by atoms with E-state index in [0.717, 1.165) is 11.1 Å². The second-order valence-electron chi connectivity index (χ2n) is 6.16. The Morgan fingerprint density at radius 2 is 2.17 bits per heavy atom. The number of nitrogens with one attached hydrogen (secondary N) is 1. The number of benzene rings is 1. The van der Waals surface area contributed by atoms with Crippen molar-refractivity contribution in [1.29, 1.82) is 0 Å². The summed E-state index contributed by atoms with van der Waals surface area (Å²) in [5.74, 6) is -0.513. The number of rotatable bonds is 4. The van der Waals surface area contributed by atoms with Crippen LogP contribution in [0.4, 0.5) is 9.18 Å². The number of primary amides is 1. The maximum atomic E-state index is 13.4. The highest BCUT2D eigenvalue weighted by Crippen LogP contribution is 2.33. The summed E-state index contributed by atoms with van der Waals surface area (Å²) >= 11 is 0. The van der Waals surface area contributed by atoms with E-state index in [9.17, 15) is 14.0 Å². The van der Waals surface area contributed by atoms with Gasteiger partial charge in [0.25, 0.3) is 0 Å². The molecule has 3 N–H and O–H groups in total. The number of nitrogens with two attached hydrogens (primary N) is 1. The maximum absolute atomic E-state index is 13.4. The lowest BCUT2D eigenvalue weighted by Gasteiger charge is -2.39. The van der Waals surface area contributed by atoms with Gasteiger partial charge in [-0.3, -0.25) is 4.79 Å². The zero-order chi connectivity index (χ0) is 17.9. The van der Waals surface area contributed by atoms with Crippen molar-refractivity contribution in [3.05, 3.63) is 35.1 Å². The molecule has 2 rings (SSSR count). The first-order valence-electron chi connectivity index (χ1n) is 7.98. The number of piperidine rings is 1. The van der Waals surface area contributed by atoms with Gasteiger partial charge in [0.1, 0.15) is 11.9 Å². The molecule has 3 unspecified atom stereocenters. The SMILES string of the molecule is COC(C)C(=O)NC1CCN(C(N)=O)C(c2ccc(F)cc2C)C1. The lowest BCUT2D eigenvalue weighted by molar-refractivity contribution is -0.131. The average Bonchev–Trinajstić information content (AvgIpc) is 2.53. The molecule has 7 heteroatoms. The fourth-order valence-corrected chi connectivity index (χ4v) is 3.09. The summed E-state index contributed by atoms with van der Waals surface area (Å²) < 4.78 is 18.4. The van der Waals surface area contributed by atoms with Crippen molar-refractivity contribution in [2.24, 2.45) is 5.73 Å². The van der Waals surface area contributed by atoms with E-state index < -0.39 is 12.1 Å². The average molecular weight is 337 g/mol. The van der Waals surface area contributed by atoms with E-state index in [-0.39, 0.29) is 23.8 Å². The quantitative estimate of drug-likeness (QED) is 0.879. The Hall–Kier alpha value is -2.15. The molecule has 1 aliphatic heterocycles. The van der Waals surface area contributed by atoms with Gasteiger partial charge >= 0.3 is 6.03 Å². The van der Waals surface area contributed by atoms with Crippen LogP contribution in [0.1, 0.15) is 36.9 Å². The van der Waals surface area contributed by atoms with E-state index in [1.54, 1.807) is 24.8 Å². The monoisotopic (exact) mass is 337 g/mol. The number of aryl methyl sites for hydroxylation is 1. The minimum atomic E-state index is -0.537. The molecule has 132 valence electrons. The Balaban J connectivity index is 2.20. The molecule has 24 heavy (non-hydrogen) atoms. The highest BCUT2D eigenvalue weighted by atomic mass is 19.1. The smallest absolute Gasteiger partial charge is 0.315 e. The van der Waals surface area contributed by atoms with Gasteiger partial charge in [-0.25, -0.2) is 9.18 Å². The van der Waals surface area contributed by atoms with Crippen molar-refractivity contribution in [3.8, 4) is 0 Å². The number of likely N-dealkylation sites (tertiary alicyclic amines) is 1. The molecule has 0 aromatic heterocycles. The van der Waals surface area contributed by atoms with Crippen LogP contribution < -0.4 is 11.1 Å². The molecule has 1 saturated heterocycles. The Labute approximate surface area is 141 Å². The minimum absolute atomic E-state index is 0.0971. The van der Waals surface area contributed by atoms with E-state index in [0.29, 0.717) is 19.4 Å². The zero-order valence-corrected chi connectivity index (χ0v) is 14.2. The molecule has 1 fully saturated rings. The predicted molar refractivity (Wildman–Crippen MR) is 87.8 cm³/mol. The molecule has 3 atom stereocenters. The van der Waals surface area contributed by atoms with Crippen molar-refractivity contribution < 1.29 is 18.7 Å². The summed E-state index contributed by atoms with van der Waals surface area (Å²) in [5.41, 5.74) is 7.09. The number of hydrogen-bond acceptors (Lipinski definition) is 3. The number of methoxy groups -OCH3 is 1. The first kappa shape index (κ1) is 18.2. The number of nitrogens with zero attached hydrogens (tertiary/aromatic N) is 1. The summed E-state index contributed by atoms with van der Waals surface area (Å²) in [6, 6.07) is 3.58. The van der Waals surface area contributed by atoms with E-state index in [2.05, 4.69) is 5.32 Å². The molecule has 0 spiro atoms. The van der Waals surface area contributed by atoms with Crippen molar-refractivity contribution >= 4 is 11.9 Å². The fraction of sp³-hybridized carbons (Fsp3) is 0.529. The van der Waals surface area contributed by atoms with Gasteiger partial charge < -0.3 is 20.7 Å². The van der Waals surface area contributed by atoms with Crippen LogP contribution in [0.3, 0.4) is 0 Å². The molecule has 0 saturated carbocycles. The fourth-order valence-electron chi connectivity index (χ4n) is 3.09. The van der Waals surface area contributed by atoms with Crippen molar-refractivity contribution in [3.63, 3.8) is 0 Å². The number of amides is 3. The van der Waals surface area contributed by atoms with Gasteiger partial charge in [-0.2, -0.15) is 0 Å². The third-order valence-corrected chi connectivity index (χ3v) is 4.55. The summed E-state index contributed by atoms with van der Waals surface area (Å²) in [4.78, 5) is 25.4. The number of ether oxygens (including phenoxy) is 1. The molecular weight excluding hydrogens is 313 g/mol. The molecule has 1 aromatic rings. The molecule has 1 aliphatic rings. The molecule has 1 aromatic carbocycles. The molecular formula is C17H24FN3O3. The first-order chi connectivity index (χ1) is 11.3. The predicted octanol–water partition coefficient (Wildman–Crippen LogP) is 1.87. The summed E-state index contributed by atoms with van der Waals surface area (Å²) in [7, 11) is 1.48. The second kappa shape index (κ2) is 7.61. The van der Waals surface area contributed by atoms with E-state index in [1.165, 1.54) is 19.2 Å². The summed E-state index contributed by atoms with van der Waals surface area (Å²) in [6.07, 6.45) is 0.601. The second-order valence-corrected chi connectivity index (χ2v) is 6.16. The molecule has 0 aliphatic carbocycles. The van der Waals surface area contributed by atoms with E-state index in [4.69, 9.17) is 10.5 Å². The molecule has 0 bridgehead atoms. The van der Waals surface area contributed by atoms with Gasteiger partial charge in [-0.05, 0) is 49.9 Å². The van der Waals surface area contributed by atoms with Crippen LogP contribution in [0, 0.1) is 12.7 Å². The lowest BCUT2D eigenvalue weighted by Crippen LogP contribution is -2.51. The van der Waals surface area contributed by atoms with Gasteiger partial charge in [0.05, 0.1) is 6.04 Å². The normalized spacial score (nSPS) is 22.1. The highest BCUT2D eigenvalue weighted by molar-refractivity contribution is 5.80. The summed E-state index contributed by atoms with van der Waals surface area (Å²) in [5, 5.41) is 2.94. The third kappa shape index (κ3) is 4.03. The Morgan fingerprint density at radius 3 is 2.75 bits per heavy atom. The Kier molecular flexibility index (Phi) is 5.77. The Bertz CT molecular complexity index is 623.